The van der Waals surface area contributed by atoms with E-state index in [9.17, 15) is 23.1 Å². The number of aromatic nitrogens is 2. The smallest absolute Gasteiger partial charge is 0.416 e. The Morgan fingerprint density at radius 1 is 0.903 bits per heavy atom. The molecule has 0 aliphatic carbocycles. The molecule has 0 aliphatic heterocycles. The SMILES string of the molecule is O=C(O)c1c(-c2cccc(C(F)(F)F)c2)nn(-c2cccc(Cl)c2)c1-c1ccccc1. The minimum atomic E-state index is -4.57. The van der Waals surface area contributed by atoms with E-state index in [0.717, 1.165) is 12.1 Å². The van der Waals surface area contributed by atoms with Crippen molar-refractivity contribution in [2.75, 3.05) is 0 Å². The molecule has 0 fully saturated rings. The van der Waals surface area contributed by atoms with Crippen molar-refractivity contribution in [2.45, 2.75) is 6.18 Å². The van der Waals surface area contributed by atoms with Gasteiger partial charge in [-0.25, -0.2) is 9.48 Å². The predicted molar refractivity (Wildman–Crippen MR) is 111 cm³/mol. The third-order valence-electron chi connectivity index (χ3n) is 4.66. The minimum absolute atomic E-state index is 0.0465. The summed E-state index contributed by atoms with van der Waals surface area (Å²) < 4.78 is 41.1. The maximum atomic E-state index is 13.2. The number of hydrogen-bond acceptors (Lipinski definition) is 2. The third kappa shape index (κ3) is 4.04. The van der Waals surface area contributed by atoms with Crippen molar-refractivity contribution in [3.8, 4) is 28.2 Å². The average Bonchev–Trinajstić information content (AvgIpc) is 3.15. The molecule has 1 aromatic heterocycles. The van der Waals surface area contributed by atoms with Gasteiger partial charge in [0.2, 0.25) is 0 Å². The van der Waals surface area contributed by atoms with Crippen LogP contribution >= 0.6 is 11.6 Å². The summed E-state index contributed by atoms with van der Waals surface area (Å²) in [5.74, 6) is -1.31. The molecular formula is C23H14ClF3N2O2. The topological polar surface area (TPSA) is 55.1 Å². The Kier molecular flexibility index (Phi) is 5.29. The molecule has 0 spiro atoms. The molecule has 1 N–H and O–H groups in total. The first kappa shape index (κ1) is 20.7. The highest BCUT2D eigenvalue weighted by atomic mass is 35.5. The molecule has 0 saturated carbocycles. The first-order valence-electron chi connectivity index (χ1n) is 9.11. The summed E-state index contributed by atoms with van der Waals surface area (Å²) in [6.07, 6.45) is -4.57. The highest BCUT2D eigenvalue weighted by molar-refractivity contribution is 6.30. The molecule has 0 aliphatic rings. The zero-order valence-corrected chi connectivity index (χ0v) is 16.5. The van der Waals surface area contributed by atoms with Gasteiger partial charge in [-0.1, -0.05) is 60.1 Å². The maximum Gasteiger partial charge on any atom is 0.416 e. The molecule has 3 aromatic carbocycles. The van der Waals surface area contributed by atoms with Gasteiger partial charge in [0.15, 0.2) is 0 Å². The van der Waals surface area contributed by atoms with E-state index in [1.54, 1.807) is 54.6 Å². The Balaban J connectivity index is 2.05. The van der Waals surface area contributed by atoms with E-state index in [1.165, 1.54) is 16.8 Å². The number of carboxylic acids is 1. The number of halogens is 4. The molecule has 156 valence electrons. The van der Waals surface area contributed by atoms with Crippen LogP contribution in [0.2, 0.25) is 5.02 Å². The Morgan fingerprint density at radius 2 is 1.58 bits per heavy atom. The second-order valence-electron chi connectivity index (χ2n) is 6.71. The van der Waals surface area contributed by atoms with E-state index in [0.29, 0.717) is 16.3 Å². The Bertz CT molecular complexity index is 1270. The lowest BCUT2D eigenvalue weighted by atomic mass is 10.0. The second-order valence-corrected chi connectivity index (χ2v) is 7.15. The summed E-state index contributed by atoms with van der Waals surface area (Å²) in [5, 5.41) is 14.8. The largest absolute Gasteiger partial charge is 0.478 e. The maximum absolute atomic E-state index is 13.2. The number of aromatic carboxylic acids is 1. The van der Waals surface area contributed by atoms with Crippen molar-refractivity contribution in [3.05, 3.63) is 95.0 Å². The molecule has 0 radical (unpaired) electrons. The van der Waals surface area contributed by atoms with Gasteiger partial charge in [-0.2, -0.15) is 18.3 Å². The summed E-state index contributed by atoms with van der Waals surface area (Å²) in [6, 6.07) is 19.7. The lowest BCUT2D eigenvalue weighted by molar-refractivity contribution is -0.137. The molecule has 0 saturated heterocycles. The normalized spacial score (nSPS) is 11.5. The molecule has 4 rings (SSSR count). The highest BCUT2D eigenvalue weighted by Gasteiger charge is 2.32. The van der Waals surface area contributed by atoms with Gasteiger partial charge >= 0.3 is 12.1 Å². The Labute approximate surface area is 180 Å². The zero-order valence-electron chi connectivity index (χ0n) is 15.8. The second kappa shape index (κ2) is 7.92. The van der Waals surface area contributed by atoms with Crippen molar-refractivity contribution in [3.63, 3.8) is 0 Å². The van der Waals surface area contributed by atoms with Crippen LogP contribution < -0.4 is 0 Å². The summed E-state index contributed by atoms with van der Waals surface area (Å²) in [6.45, 7) is 0. The van der Waals surface area contributed by atoms with Gasteiger partial charge in [0, 0.05) is 16.1 Å². The summed E-state index contributed by atoms with van der Waals surface area (Å²) in [7, 11) is 0. The van der Waals surface area contributed by atoms with Crippen LogP contribution in [0.1, 0.15) is 15.9 Å². The quantitative estimate of drug-likeness (QED) is 0.388. The van der Waals surface area contributed by atoms with Gasteiger partial charge < -0.3 is 5.11 Å². The number of benzene rings is 3. The predicted octanol–water partition coefficient (Wildman–Crippen LogP) is 6.58. The van der Waals surface area contributed by atoms with Crippen molar-refractivity contribution < 1.29 is 23.1 Å². The van der Waals surface area contributed by atoms with Crippen molar-refractivity contribution in [2.24, 2.45) is 0 Å². The van der Waals surface area contributed by atoms with Crippen LogP contribution in [0, 0.1) is 0 Å². The van der Waals surface area contributed by atoms with E-state index >= 15 is 0 Å². The van der Waals surface area contributed by atoms with Crippen LogP contribution in [0.4, 0.5) is 13.2 Å². The van der Waals surface area contributed by atoms with Crippen molar-refractivity contribution in [1.82, 2.24) is 9.78 Å². The number of rotatable bonds is 4. The lowest BCUT2D eigenvalue weighted by Gasteiger charge is -2.09. The Hall–Kier alpha value is -3.58. The summed E-state index contributed by atoms with van der Waals surface area (Å²) >= 11 is 6.11. The highest BCUT2D eigenvalue weighted by Crippen LogP contribution is 2.37. The van der Waals surface area contributed by atoms with Crippen molar-refractivity contribution >= 4 is 17.6 Å². The molecule has 0 unspecified atom stereocenters. The number of carboxylic acid groups (broad SMARTS) is 1. The Morgan fingerprint density at radius 3 is 2.23 bits per heavy atom. The molecular weight excluding hydrogens is 429 g/mol. The summed E-state index contributed by atoms with van der Waals surface area (Å²) in [5.41, 5.74) is 0.147. The van der Waals surface area contributed by atoms with Gasteiger partial charge in [0.25, 0.3) is 0 Å². The van der Waals surface area contributed by atoms with E-state index < -0.39 is 17.7 Å². The molecule has 0 amide bonds. The first-order chi connectivity index (χ1) is 14.8. The van der Waals surface area contributed by atoms with Crippen LogP contribution in [-0.4, -0.2) is 20.9 Å². The third-order valence-corrected chi connectivity index (χ3v) is 4.90. The van der Waals surface area contributed by atoms with E-state index in [1.807, 2.05) is 0 Å². The number of nitrogens with zero attached hydrogens (tertiary/aromatic N) is 2. The van der Waals surface area contributed by atoms with Crippen LogP contribution in [0.25, 0.3) is 28.2 Å². The van der Waals surface area contributed by atoms with Crippen LogP contribution in [0.5, 0.6) is 0 Å². The standard InChI is InChI=1S/C23H14ClF3N2O2/c24-17-10-5-11-18(13-17)29-21(14-6-2-1-3-7-14)19(22(30)31)20(28-29)15-8-4-9-16(12-15)23(25,26)27/h1-13H,(H,30,31). The fourth-order valence-electron chi connectivity index (χ4n) is 3.32. The van der Waals surface area contributed by atoms with E-state index in [4.69, 9.17) is 11.6 Å². The average molecular weight is 443 g/mol. The van der Waals surface area contributed by atoms with Crippen LogP contribution in [0.3, 0.4) is 0 Å². The van der Waals surface area contributed by atoms with Gasteiger partial charge in [0.05, 0.1) is 16.9 Å². The molecule has 4 aromatic rings. The van der Waals surface area contributed by atoms with Crippen molar-refractivity contribution in [1.29, 1.82) is 0 Å². The zero-order chi connectivity index (χ0) is 22.2. The number of carbonyl (C=O) groups is 1. The summed E-state index contributed by atoms with van der Waals surface area (Å²) in [4.78, 5) is 12.3. The van der Waals surface area contributed by atoms with E-state index in [-0.39, 0.29) is 22.5 Å². The van der Waals surface area contributed by atoms with Gasteiger partial charge in [-0.3, -0.25) is 0 Å². The molecule has 8 heteroatoms. The molecule has 4 nitrogen and oxygen atoms in total. The van der Waals surface area contributed by atoms with Gasteiger partial charge in [-0.15, -0.1) is 0 Å². The minimum Gasteiger partial charge on any atom is -0.478 e. The van der Waals surface area contributed by atoms with Crippen LogP contribution in [-0.2, 0) is 6.18 Å². The van der Waals surface area contributed by atoms with Crippen LogP contribution in [0.15, 0.2) is 78.9 Å². The molecule has 0 atom stereocenters. The fourth-order valence-corrected chi connectivity index (χ4v) is 3.51. The van der Waals surface area contributed by atoms with Gasteiger partial charge in [-0.05, 0) is 30.3 Å². The van der Waals surface area contributed by atoms with Gasteiger partial charge in [0.1, 0.15) is 11.3 Å². The first-order valence-corrected chi connectivity index (χ1v) is 9.49. The monoisotopic (exact) mass is 442 g/mol. The molecule has 0 bridgehead atoms. The number of hydrogen-bond donors (Lipinski definition) is 1. The number of alkyl halides is 3. The van der Waals surface area contributed by atoms with E-state index in [2.05, 4.69) is 5.10 Å². The molecule has 1 heterocycles. The molecule has 31 heavy (non-hydrogen) atoms. The fraction of sp³-hybridized carbons (Fsp3) is 0.0435. The lowest BCUT2D eigenvalue weighted by Crippen LogP contribution is -2.05.